The number of carbonyl (C=O) groups excluding carboxylic acids is 11. The number of amides is 11. The van der Waals surface area contributed by atoms with Crippen LogP contribution in [0.1, 0.15) is 99.8 Å². The minimum absolute atomic E-state index is 0.0166. The van der Waals surface area contributed by atoms with Crippen LogP contribution in [0.4, 0.5) is 0 Å². The number of rotatable bonds is 37. The number of hydrogen-bond acceptors (Lipinski definition) is 16. The molecule has 422 valence electrons. The Morgan fingerprint density at radius 1 is 0.541 bits per heavy atom. The van der Waals surface area contributed by atoms with Crippen molar-refractivity contribution in [1.82, 2.24) is 53.2 Å². The molecule has 11 amide bonds. The van der Waals surface area contributed by atoms with E-state index < -0.39 is 175 Å². The van der Waals surface area contributed by atoms with Crippen LogP contribution in [-0.4, -0.2) is 178 Å². The first-order valence-electron chi connectivity index (χ1n) is 24.4. The van der Waals surface area contributed by atoms with Gasteiger partial charge in [-0.15, -0.1) is 0 Å². The molecule has 74 heavy (non-hydrogen) atoms. The van der Waals surface area contributed by atoms with Crippen LogP contribution in [0.2, 0.25) is 0 Å². The van der Waals surface area contributed by atoms with Crippen molar-refractivity contribution in [3.63, 3.8) is 0 Å². The Labute approximate surface area is 433 Å². The largest absolute Gasteiger partial charge is 0.480 e. The number of hydrogen-bond donors (Lipinski definition) is 15. The maximum atomic E-state index is 13.9. The van der Waals surface area contributed by atoms with Crippen molar-refractivity contribution in [3.05, 3.63) is 0 Å². The fourth-order valence-electron chi connectivity index (χ4n) is 6.78. The lowest BCUT2D eigenvalue weighted by molar-refractivity contribution is -0.142. The molecule has 0 bridgehead atoms. The summed E-state index contributed by atoms with van der Waals surface area (Å²) in [4.78, 5) is 155. The van der Waals surface area contributed by atoms with Crippen LogP contribution in [0, 0.1) is 17.8 Å². The molecular formula is C45H81N13O15S. The lowest BCUT2D eigenvalue weighted by Gasteiger charge is -2.29. The van der Waals surface area contributed by atoms with E-state index in [1.807, 2.05) is 0 Å². The van der Waals surface area contributed by atoms with E-state index in [0.29, 0.717) is 25.7 Å². The molecular weight excluding hydrogens is 995 g/mol. The van der Waals surface area contributed by atoms with Crippen molar-refractivity contribution < 1.29 is 72.0 Å². The normalized spacial score (nSPS) is 15.5. The smallest absolute Gasteiger partial charge is 0.326 e. The predicted molar refractivity (Wildman–Crippen MR) is 270 cm³/mol. The number of aliphatic carboxylic acids is 1. The van der Waals surface area contributed by atoms with Gasteiger partial charge in [0.25, 0.3) is 0 Å². The Balaban J connectivity index is 5.92. The number of carbonyl (C=O) groups is 12. The van der Waals surface area contributed by atoms with Gasteiger partial charge in [-0.3, -0.25) is 56.9 Å². The third-order valence-corrected chi connectivity index (χ3v) is 12.3. The van der Waals surface area contributed by atoms with Gasteiger partial charge in [-0.05, 0) is 63.3 Å². The molecule has 0 aliphatic rings. The Morgan fingerprint density at radius 2 is 1.03 bits per heavy atom. The second-order valence-corrected chi connectivity index (χ2v) is 19.8. The topological polar surface area (TPSA) is 461 Å². The average molecular weight is 1080 g/mol. The van der Waals surface area contributed by atoms with Gasteiger partial charge in [-0.1, -0.05) is 54.4 Å². The molecule has 0 fully saturated rings. The van der Waals surface area contributed by atoms with Gasteiger partial charge in [0.1, 0.15) is 48.3 Å². The lowest BCUT2D eigenvalue weighted by atomic mass is 9.94. The zero-order valence-electron chi connectivity index (χ0n) is 43.6. The van der Waals surface area contributed by atoms with E-state index in [9.17, 15) is 72.0 Å². The van der Waals surface area contributed by atoms with Gasteiger partial charge < -0.3 is 80.6 Å². The van der Waals surface area contributed by atoms with Gasteiger partial charge in [-0.25, -0.2) is 4.79 Å². The van der Waals surface area contributed by atoms with E-state index in [-0.39, 0.29) is 37.5 Å². The van der Waals surface area contributed by atoms with E-state index in [0.717, 1.165) is 0 Å². The zero-order valence-corrected chi connectivity index (χ0v) is 44.4. The molecule has 11 atom stereocenters. The SMILES string of the molecule is CCC(C)C(NC(=O)C(C)NC(=O)CNC(=O)C(CCCCN)NC(=O)C(CC(N)=O)NC(=O)C(CO)NC(=O)CN)C(=O)NC(C(=O)NCC(=O)NC(CC(C)C)C(=O)NC(CCS(C)=O)C(=O)O)C(C)CC. The molecule has 0 saturated carbocycles. The van der Waals surface area contributed by atoms with Crippen molar-refractivity contribution in [3.8, 4) is 0 Å². The lowest BCUT2D eigenvalue weighted by Crippen LogP contribution is -2.60. The predicted octanol–water partition coefficient (Wildman–Crippen LogP) is -5.94. The Morgan fingerprint density at radius 3 is 1.53 bits per heavy atom. The first-order chi connectivity index (χ1) is 34.6. The summed E-state index contributed by atoms with van der Waals surface area (Å²) in [6.45, 7) is 9.19. The van der Waals surface area contributed by atoms with E-state index in [4.69, 9.17) is 17.2 Å². The highest BCUT2D eigenvalue weighted by atomic mass is 32.2. The van der Waals surface area contributed by atoms with E-state index in [2.05, 4.69) is 53.2 Å². The minimum atomic E-state index is -1.67. The highest BCUT2D eigenvalue weighted by Gasteiger charge is 2.35. The minimum Gasteiger partial charge on any atom is -0.480 e. The number of aliphatic hydroxyl groups excluding tert-OH is 1. The van der Waals surface area contributed by atoms with Crippen LogP contribution in [-0.2, 0) is 68.3 Å². The van der Waals surface area contributed by atoms with Crippen molar-refractivity contribution in [2.24, 2.45) is 35.0 Å². The molecule has 0 heterocycles. The number of carboxylic acid groups (broad SMARTS) is 1. The highest BCUT2D eigenvalue weighted by molar-refractivity contribution is 7.84. The molecule has 29 heteroatoms. The summed E-state index contributed by atoms with van der Waals surface area (Å²) in [5, 5.41) is 43.3. The number of nitrogens with two attached hydrogens (primary N) is 3. The maximum absolute atomic E-state index is 13.9. The molecule has 0 aromatic carbocycles. The quantitative estimate of drug-likeness (QED) is 0.0258. The van der Waals surface area contributed by atoms with Gasteiger partial charge >= 0.3 is 5.97 Å². The summed E-state index contributed by atoms with van der Waals surface area (Å²) in [6.07, 6.45) is 2.12. The van der Waals surface area contributed by atoms with E-state index >= 15 is 0 Å². The van der Waals surface area contributed by atoms with Crippen LogP contribution in [0.25, 0.3) is 0 Å². The maximum Gasteiger partial charge on any atom is 0.326 e. The molecule has 18 N–H and O–H groups in total. The number of nitrogens with one attached hydrogen (secondary N) is 10. The molecule has 0 saturated heterocycles. The first kappa shape index (κ1) is 67.7. The molecule has 0 aliphatic carbocycles. The van der Waals surface area contributed by atoms with Crippen LogP contribution < -0.4 is 70.4 Å². The molecule has 0 spiro atoms. The van der Waals surface area contributed by atoms with Crippen LogP contribution in [0.3, 0.4) is 0 Å². The molecule has 0 aromatic heterocycles. The number of primary amides is 1. The Kier molecular flexibility index (Phi) is 32.7. The Hall–Kier alpha value is -6.33. The van der Waals surface area contributed by atoms with Gasteiger partial charge in [0.05, 0.1) is 32.7 Å². The number of unbranched alkanes of at least 4 members (excludes halogenated alkanes) is 1. The summed E-state index contributed by atoms with van der Waals surface area (Å²) in [5.74, 6) is -12.1. The fraction of sp³-hybridized carbons (Fsp3) is 0.733. The molecule has 0 radical (unpaired) electrons. The third-order valence-electron chi connectivity index (χ3n) is 11.5. The molecule has 0 rings (SSSR count). The second kappa shape index (κ2) is 35.8. The summed E-state index contributed by atoms with van der Waals surface area (Å²) in [7, 11) is -1.32. The van der Waals surface area contributed by atoms with Gasteiger partial charge in [0.15, 0.2) is 0 Å². The van der Waals surface area contributed by atoms with Crippen LogP contribution >= 0.6 is 0 Å². The van der Waals surface area contributed by atoms with Gasteiger partial charge in [0.2, 0.25) is 65.0 Å². The fourth-order valence-corrected chi connectivity index (χ4v) is 7.34. The average Bonchev–Trinajstić information content (AvgIpc) is 3.33. The standard InChI is InChI=1S/C45H81N13O15S/c1-9-24(5)36(43(69)50-21-35(63)52-29(17-23(3)4)40(66)55-28(45(71)72)14-16-74(8)73)58-44(70)37(25(6)10-2)57-38(64)26(7)51-34(62)20-49-39(65)27(13-11-12-15-46)54-41(67)30(18-32(48)60)56-42(68)31(22-59)53-33(61)19-47/h23-31,36-37,59H,9-22,46-47H2,1-8H3,(H2,48,60)(H,49,65)(H,50,69)(H,51,62)(H,52,63)(H,53,61)(H,54,67)(H,55,66)(H,56,68)(H,57,64)(H,58,70)(H,71,72). The second-order valence-electron chi connectivity index (χ2n) is 18.3. The summed E-state index contributed by atoms with van der Waals surface area (Å²) < 4.78 is 11.5. The summed E-state index contributed by atoms with van der Waals surface area (Å²) in [6, 6.07) is -10.8. The van der Waals surface area contributed by atoms with Crippen molar-refractivity contribution in [2.75, 3.05) is 44.8 Å². The number of aliphatic hydroxyl groups is 1. The van der Waals surface area contributed by atoms with Crippen LogP contribution in [0.15, 0.2) is 0 Å². The third kappa shape index (κ3) is 26.6. The monoisotopic (exact) mass is 1080 g/mol. The van der Waals surface area contributed by atoms with Crippen molar-refractivity contribution >= 4 is 81.7 Å². The summed E-state index contributed by atoms with van der Waals surface area (Å²) in [5.41, 5.74) is 16.1. The van der Waals surface area contributed by atoms with E-state index in [1.165, 1.54) is 13.2 Å². The number of carboxylic acids is 1. The van der Waals surface area contributed by atoms with Crippen molar-refractivity contribution in [2.45, 2.75) is 148 Å². The molecule has 0 aromatic rings. The Bertz CT molecular complexity index is 1960. The van der Waals surface area contributed by atoms with Crippen molar-refractivity contribution in [1.29, 1.82) is 0 Å². The first-order valence-corrected chi connectivity index (χ1v) is 26.2. The highest BCUT2D eigenvalue weighted by Crippen LogP contribution is 2.13. The van der Waals surface area contributed by atoms with Crippen LogP contribution in [0.5, 0.6) is 0 Å². The van der Waals surface area contributed by atoms with Gasteiger partial charge in [-0.2, -0.15) is 0 Å². The zero-order chi connectivity index (χ0) is 56.8. The van der Waals surface area contributed by atoms with Gasteiger partial charge in [0, 0.05) is 22.8 Å². The summed E-state index contributed by atoms with van der Waals surface area (Å²) >= 11 is 0. The van der Waals surface area contributed by atoms with E-state index in [1.54, 1.807) is 41.5 Å². The molecule has 11 unspecified atom stereocenters. The molecule has 28 nitrogen and oxygen atoms in total. The molecule has 0 aliphatic heterocycles.